The maximum Gasteiger partial charge on any atom is 0.255 e. The van der Waals surface area contributed by atoms with Crippen LogP contribution in [0.1, 0.15) is 93.6 Å². The highest BCUT2D eigenvalue weighted by molar-refractivity contribution is 6.20. The number of hydrogen-bond donors (Lipinski definition) is 4. The summed E-state index contributed by atoms with van der Waals surface area (Å²) in [4.78, 5) is 16.7. The number of nitrogens with two attached hydrogens (primary N) is 1. The number of H-pyrrole nitrogens is 1. The van der Waals surface area contributed by atoms with Gasteiger partial charge in [0.25, 0.3) is 5.91 Å². The van der Waals surface area contributed by atoms with Gasteiger partial charge in [-0.2, -0.15) is 0 Å². The molecular weight excluding hydrogens is 424 g/mol. The molecule has 1 aliphatic heterocycles. The van der Waals surface area contributed by atoms with Crippen LogP contribution in [0.15, 0.2) is 36.2 Å². The number of nitrogens with one attached hydrogen (secondary N) is 3. The number of rotatable bonds is 7. The number of amides is 1. The van der Waals surface area contributed by atoms with Crippen LogP contribution in [0.25, 0.3) is 5.57 Å². The van der Waals surface area contributed by atoms with Crippen molar-refractivity contribution in [3.05, 3.63) is 58.5 Å². The fraction of sp³-hybridized carbons (Fsp3) is 0.536. The maximum atomic E-state index is 13.4. The van der Waals surface area contributed by atoms with Gasteiger partial charge in [0.1, 0.15) is 5.75 Å². The van der Waals surface area contributed by atoms with Crippen molar-refractivity contribution in [2.45, 2.75) is 83.3 Å². The Labute approximate surface area is 202 Å². The molecule has 2 fully saturated rings. The van der Waals surface area contributed by atoms with E-state index in [0.29, 0.717) is 17.4 Å². The lowest BCUT2D eigenvalue weighted by Gasteiger charge is -2.32. The zero-order chi connectivity index (χ0) is 23.8. The molecule has 5 rings (SSSR count). The topological polar surface area (TPSA) is 92.2 Å². The van der Waals surface area contributed by atoms with Crippen molar-refractivity contribution in [3.8, 4) is 5.75 Å². The van der Waals surface area contributed by atoms with Gasteiger partial charge in [-0.3, -0.25) is 4.79 Å². The third kappa shape index (κ3) is 4.74. The molecular formula is C28H38N4O2. The van der Waals surface area contributed by atoms with Crippen LogP contribution in [-0.4, -0.2) is 29.6 Å². The van der Waals surface area contributed by atoms with Crippen LogP contribution in [-0.2, 0) is 4.79 Å². The summed E-state index contributed by atoms with van der Waals surface area (Å²) in [6.07, 6.45) is 8.27. The van der Waals surface area contributed by atoms with E-state index in [1.165, 1.54) is 18.4 Å². The van der Waals surface area contributed by atoms with Gasteiger partial charge < -0.3 is 26.1 Å². The molecule has 0 radical (unpaired) electrons. The smallest absolute Gasteiger partial charge is 0.255 e. The highest BCUT2D eigenvalue weighted by Crippen LogP contribution is 2.40. The molecule has 1 unspecified atom stereocenters. The van der Waals surface area contributed by atoms with E-state index in [-0.39, 0.29) is 24.0 Å². The molecule has 6 nitrogen and oxygen atoms in total. The van der Waals surface area contributed by atoms with Gasteiger partial charge in [-0.1, -0.05) is 19.9 Å². The number of fused-ring (bicyclic) bond motifs is 1. The Morgan fingerprint density at radius 2 is 1.88 bits per heavy atom. The highest BCUT2D eigenvalue weighted by Gasteiger charge is 2.33. The third-order valence-electron chi connectivity index (χ3n) is 7.59. The molecule has 0 spiro atoms. The minimum atomic E-state index is -0.0709. The number of aromatic amines is 1. The first kappa shape index (κ1) is 23.0. The molecule has 2 aliphatic carbocycles. The van der Waals surface area contributed by atoms with E-state index >= 15 is 0 Å². The maximum absolute atomic E-state index is 13.4. The monoisotopic (exact) mass is 462 g/mol. The Bertz CT molecular complexity index is 1070. The van der Waals surface area contributed by atoms with Crippen molar-refractivity contribution in [1.29, 1.82) is 0 Å². The number of aromatic nitrogens is 1. The Morgan fingerprint density at radius 1 is 1.12 bits per heavy atom. The van der Waals surface area contributed by atoms with Crippen LogP contribution < -0.4 is 21.1 Å². The summed E-state index contributed by atoms with van der Waals surface area (Å²) in [6.45, 7) is 7.20. The van der Waals surface area contributed by atoms with Gasteiger partial charge in [0.05, 0.1) is 23.9 Å². The largest absolute Gasteiger partial charge is 0.493 e. The lowest BCUT2D eigenvalue weighted by molar-refractivity contribution is -0.116. The van der Waals surface area contributed by atoms with Crippen LogP contribution in [0.4, 0.5) is 0 Å². The van der Waals surface area contributed by atoms with Crippen LogP contribution in [0.5, 0.6) is 5.75 Å². The number of carbonyl (C=O) groups excluding carboxylic acids is 1. The summed E-state index contributed by atoms with van der Waals surface area (Å²) in [5.74, 6) is 2.02. The van der Waals surface area contributed by atoms with Gasteiger partial charge in [0, 0.05) is 35.1 Å². The van der Waals surface area contributed by atoms with E-state index in [1.54, 1.807) is 0 Å². The lowest BCUT2D eigenvalue weighted by Crippen LogP contribution is -2.42. The molecule has 1 aromatic heterocycles. The SMILES string of the molecule is CC1=C(C(=O)NC2CCC(N)CC2)c2[nH]ccc2C(c2cc(C(C)C)ccc2OCC2CC2)N1. The molecule has 0 bridgehead atoms. The van der Waals surface area contributed by atoms with E-state index in [4.69, 9.17) is 10.5 Å². The Morgan fingerprint density at radius 3 is 2.59 bits per heavy atom. The first-order chi connectivity index (χ1) is 16.4. The molecule has 34 heavy (non-hydrogen) atoms. The van der Waals surface area contributed by atoms with Crippen LogP contribution >= 0.6 is 0 Å². The molecule has 6 heteroatoms. The first-order valence-corrected chi connectivity index (χ1v) is 12.9. The predicted molar refractivity (Wildman–Crippen MR) is 135 cm³/mol. The number of ether oxygens (including phenoxy) is 1. The first-order valence-electron chi connectivity index (χ1n) is 12.9. The van der Waals surface area contributed by atoms with Crippen molar-refractivity contribution in [1.82, 2.24) is 15.6 Å². The third-order valence-corrected chi connectivity index (χ3v) is 7.59. The van der Waals surface area contributed by atoms with Crippen molar-refractivity contribution in [3.63, 3.8) is 0 Å². The van der Waals surface area contributed by atoms with Gasteiger partial charge in [0.2, 0.25) is 0 Å². The Balaban J connectivity index is 1.44. The average Bonchev–Trinajstić information content (AvgIpc) is 3.53. The second kappa shape index (κ2) is 9.49. The minimum absolute atomic E-state index is 0.0197. The van der Waals surface area contributed by atoms with Crippen molar-refractivity contribution in [2.24, 2.45) is 11.7 Å². The van der Waals surface area contributed by atoms with Gasteiger partial charge in [-0.05, 0) is 81.0 Å². The molecule has 182 valence electrons. The summed E-state index contributed by atoms with van der Waals surface area (Å²) in [7, 11) is 0. The Hall–Kier alpha value is -2.73. The van der Waals surface area contributed by atoms with Crippen molar-refractivity contribution >= 4 is 11.5 Å². The summed E-state index contributed by atoms with van der Waals surface area (Å²) in [6, 6.07) is 9.03. The summed E-state index contributed by atoms with van der Waals surface area (Å²) in [5.41, 5.74) is 12.0. The molecule has 1 aromatic carbocycles. The molecule has 2 heterocycles. The number of allylic oxidation sites excluding steroid dienone is 1. The summed E-state index contributed by atoms with van der Waals surface area (Å²) in [5, 5.41) is 6.92. The molecule has 1 atom stereocenters. The molecule has 2 aromatic rings. The second-order valence-electron chi connectivity index (χ2n) is 10.7. The standard InChI is InChI=1S/C28H38N4O2/c1-16(2)19-6-11-24(34-15-18-4-5-18)23(14-19)26-22-12-13-30-27(22)25(17(3)31-26)28(33)32-21-9-7-20(29)8-10-21/h6,11-14,16,18,20-21,26,30-31H,4-5,7-10,15,29H2,1-3H3,(H,32,33). The lowest BCUT2D eigenvalue weighted by atomic mass is 9.88. The molecule has 1 amide bonds. The minimum Gasteiger partial charge on any atom is -0.493 e. The van der Waals surface area contributed by atoms with E-state index in [2.05, 4.69) is 53.7 Å². The summed E-state index contributed by atoms with van der Waals surface area (Å²) < 4.78 is 6.30. The highest BCUT2D eigenvalue weighted by atomic mass is 16.5. The fourth-order valence-corrected chi connectivity index (χ4v) is 5.22. The fourth-order valence-electron chi connectivity index (χ4n) is 5.22. The molecule has 0 saturated heterocycles. The van der Waals surface area contributed by atoms with E-state index in [0.717, 1.165) is 60.6 Å². The van der Waals surface area contributed by atoms with Crippen LogP contribution in [0.2, 0.25) is 0 Å². The second-order valence-corrected chi connectivity index (χ2v) is 10.7. The molecule has 2 saturated carbocycles. The van der Waals surface area contributed by atoms with Crippen molar-refractivity contribution < 1.29 is 9.53 Å². The Kier molecular flexibility index (Phi) is 6.43. The number of carbonyl (C=O) groups is 1. The van der Waals surface area contributed by atoms with Gasteiger partial charge in [0.15, 0.2) is 0 Å². The van der Waals surface area contributed by atoms with E-state index in [9.17, 15) is 4.79 Å². The average molecular weight is 463 g/mol. The normalized spacial score (nSPS) is 24.6. The summed E-state index contributed by atoms with van der Waals surface area (Å²) >= 11 is 0. The zero-order valence-electron chi connectivity index (χ0n) is 20.6. The van der Waals surface area contributed by atoms with E-state index < -0.39 is 0 Å². The molecule has 3 aliphatic rings. The predicted octanol–water partition coefficient (Wildman–Crippen LogP) is 4.74. The van der Waals surface area contributed by atoms with Crippen LogP contribution in [0, 0.1) is 5.92 Å². The van der Waals surface area contributed by atoms with Gasteiger partial charge in [-0.25, -0.2) is 0 Å². The number of benzene rings is 1. The zero-order valence-corrected chi connectivity index (χ0v) is 20.6. The van der Waals surface area contributed by atoms with Crippen LogP contribution in [0.3, 0.4) is 0 Å². The quantitative estimate of drug-likeness (QED) is 0.478. The van der Waals surface area contributed by atoms with Gasteiger partial charge in [-0.15, -0.1) is 0 Å². The van der Waals surface area contributed by atoms with E-state index in [1.807, 2.05) is 13.1 Å². The van der Waals surface area contributed by atoms with Crippen molar-refractivity contribution in [2.75, 3.05) is 6.61 Å². The number of hydrogen-bond acceptors (Lipinski definition) is 4. The molecule has 5 N–H and O–H groups in total. The van der Waals surface area contributed by atoms with Gasteiger partial charge >= 0.3 is 0 Å².